The molecule has 2 aromatic heterocycles. The molecule has 1 aromatic carbocycles. The number of amides is 2. The van der Waals surface area contributed by atoms with Crippen LogP contribution in [0.5, 0.6) is 23.1 Å². The SMILES string of the molecule is COc1ccnc(NC23CC(C2)C(N2CCOCC2)C3)c1C(=O)Nc1cnc(OC)c(F)c1C(=O)Nc1ccc2c(c1)OC(F)(F)O2. The van der Waals surface area contributed by atoms with Gasteiger partial charge in [0.05, 0.1) is 39.3 Å². The standard InChI is InChI=1S/C31H31F3N6O7/c1-43-21-5-6-35-26(39-30-12-16(13-30)19(14-30)40-7-9-45-10-8-40)24(21)28(42)38-18-15-36-29(44-2)25(32)23(18)27(41)37-17-3-4-20-22(11-17)47-31(33,34)46-20/h3-6,11,15-16,19H,7-10,12-14H2,1-2H3,(H,35,39)(H,37,41)(H,38,42). The number of anilines is 3. The summed E-state index contributed by atoms with van der Waals surface area (Å²) in [6.07, 6.45) is 1.45. The van der Waals surface area contributed by atoms with Crippen molar-refractivity contribution < 1.29 is 46.4 Å². The summed E-state index contributed by atoms with van der Waals surface area (Å²) in [5.41, 5.74) is -1.11. The van der Waals surface area contributed by atoms with Gasteiger partial charge in [-0.05, 0) is 43.4 Å². The molecule has 16 heteroatoms. The molecule has 47 heavy (non-hydrogen) atoms. The van der Waals surface area contributed by atoms with Gasteiger partial charge in [-0.1, -0.05) is 0 Å². The maximum Gasteiger partial charge on any atom is 0.586 e. The first kappa shape index (κ1) is 30.8. The van der Waals surface area contributed by atoms with Crippen LogP contribution in [-0.2, 0) is 4.74 Å². The van der Waals surface area contributed by atoms with Crippen LogP contribution in [0.3, 0.4) is 0 Å². The van der Waals surface area contributed by atoms with E-state index in [0.29, 0.717) is 25.2 Å². The number of methoxy groups -OCH3 is 2. The Hall–Kier alpha value is -4.83. The van der Waals surface area contributed by atoms with E-state index in [-0.39, 0.29) is 45.5 Å². The van der Waals surface area contributed by atoms with Crippen molar-refractivity contribution in [2.45, 2.75) is 37.1 Å². The molecular formula is C31H31F3N6O7. The highest BCUT2D eigenvalue weighted by Crippen LogP contribution is 2.55. The van der Waals surface area contributed by atoms with Crippen LogP contribution in [0.2, 0.25) is 0 Å². The van der Waals surface area contributed by atoms with Gasteiger partial charge in [0.15, 0.2) is 17.3 Å². The maximum atomic E-state index is 15.6. The Balaban J connectivity index is 1.14. The quantitative estimate of drug-likeness (QED) is 0.306. The number of rotatable bonds is 9. The molecule has 8 rings (SSSR count). The molecular weight excluding hydrogens is 625 g/mol. The van der Waals surface area contributed by atoms with Crippen molar-refractivity contribution >= 4 is 29.0 Å². The molecule has 2 bridgehead atoms. The van der Waals surface area contributed by atoms with Crippen LogP contribution in [-0.4, -0.2) is 85.1 Å². The second-order valence-electron chi connectivity index (χ2n) is 11.8. The molecule has 2 aliphatic heterocycles. The Labute approximate surface area is 266 Å². The van der Waals surface area contributed by atoms with Crippen molar-refractivity contribution in [2.24, 2.45) is 5.92 Å². The average molecular weight is 657 g/mol. The number of halogens is 3. The first-order chi connectivity index (χ1) is 22.6. The number of hydrogen-bond donors (Lipinski definition) is 3. The molecule has 3 aromatic rings. The fourth-order valence-electron chi connectivity index (χ4n) is 6.95. The van der Waals surface area contributed by atoms with Gasteiger partial charge in [0, 0.05) is 42.6 Å². The van der Waals surface area contributed by atoms with Crippen molar-refractivity contribution in [1.82, 2.24) is 14.9 Å². The lowest BCUT2D eigenvalue weighted by molar-refractivity contribution is -0.286. The van der Waals surface area contributed by atoms with Crippen molar-refractivity contribution in [2.75, 3.05) is 56.5 Å². The van der Waals surface area contributed by atoms with Gasteiger partial charge >= 0.3 is 6.29 Å². The lowest BCUT2D eigenvalue weighted by Gasteiger charge is -2.40. The summed E-state index contributed by atoms with van der Waals surface area (Å²) in [7, 11) is 2.57. The minimum Gasteiger partial charge on any atom is -0.496 e. The zero-order valence-corrected chi connectivity index (χ0v) is 25.4. The van der Waals surface area contributed by atoms with Crippen LogP contribution in [0.4, 0.5) is 30.4 Å². The number of aromatic nitrogens is 2. The molecule has 3 saturated carbocycles. The Morgan fingerprint density at radius 1 is 0.957 bits per heavy atom. The molecule has 1 unspecified atom stereocenters. The van der Waals surface area contributed by atoms with Gasteiger partial charge < -0.3 is 39.6 Å². The normalized spacial score (nSPS) is 23.9. The van der Waals surface area contributed by atoms with Gasteiger partial charge in [-0.25, -0.2) is 14.4 Å². The molecule has 0 radical (unpaired) electrons. The Kier molecular flexibility index (Phi) is 7.71. The van der Waals surface area contributed by atoms with E-state index < -0.39 is 35.4 Å². The molecule has 4 heterocycles. The summed E-state index contributed by atoms with van der Waals surface area (Å²) in [5.74, 6) is -2.97. The minimum atomic E-state index is -3.86. The number of nitrogens with one attached hydrogen (secondary N) is 3. The highest BCUT2D eigenvalue weighted by molar-refractivity contribution is 6.14. The number of nitrogens with zero attached hydrogens (tertiary/aromatic N) is 3. The van der Waals surface area contributed by atoms with Crippen LogP contribution in [0.1, 0.15) is 40.0 Å². The second kappa shape index (κ2) is 11.8. The van der Waals surface area contributed by atoms with Gasteiger partial charge in [-0.3, -0.25) is 14.5 Å². The van der Waals surface area contributed by atoms with Crippen LogP contribution in [0.25, 0.3) is 0 Å². The summed E-state index contributed by atoms with van der Waals surface area (Å²) in [5, 5.41) is 8.52. The third kappa shape index (κ3) is 5.71. The fourth-order valence-corrected chi connectivity index (χ4v) is 6.95. The molecule has 0 spiro atoms. The minimum absolute atomic E-state index is 0.00655. The molecule has 13 nitrogen and oxygen atoms in total. The maximum absolute atomic E-state index is 15.6. The van der Waals surface area contributed by atoms with E-state index in [9.17, 15) is 18.4 Å². The summed E-state index contributed by atoms with van der Waals surface area (Å²) < 4.78 is 67.4. The van der Waals surface area contributed by atoms with E-state index in [1.165, 1.54) is 38.6 Å². The third-order valence-corrected chi connectivity index (χ3v) is 9.02. The molecule has 3 aliphatic carbocycles. The summed E-state index contributed by atoms with van der Waals surface area (Å²) in [6, 6.07) is 5.46. The summed E-state index contributed by atoms with van der Waals surface area (Å²) in [6.45, 7) is 3.19. The van der Waals surface area contributed by atoms with Crippen molar-refractivity contribution in [3.63, 3.8) is 0 Å². The monoisotopic (exact) mass is 656 g/mol. The lowest BCUT2D eigenvalue weighted by Crippen LogP contribution is -2.45. The average Bonchev–Trinajstić information content (AvgIpc) is 3.68. The largest absolute Gasteiger partial charge is 0.586 e. The topological polar surface area (TPSA) is 145 Å². The van der Waals surface area contributed by atoms with Crippen LogP contribution in [0, 0.1) is 11.7 Å². The van der Waals surface area contributed by atoms with E-state index in [1.807, 2.05) is 0 Å². The Bertz CT molecular complexity index is 1730. The fraction of sp³-hybridized carbons (Fsp3) is 0.419. The first-order valence-electron chi connectivity index (χ1n) is 15.0. The van der Waals surface area contributed by atoms with Crippen LogP contribution < -0.4 is 34.9 Å². The highest BCUT2D eigenvalue weighted by atomic mass is 19.3. The van der Waals surface area contributed by atoms with Gasteiger partial charge in [0.2, 0.25) is 0 Å². The number of hydrogen-bond acceptors (Lipinski definition) is 11. The number of carbonyl (C=O) groups excluding carboxylic acids is 2. The molecule has 5 aliphatic rings. The zero-order valence-electron chi connectivity index (χ0n) is 25.4. The number of carbonyl (C=O) groups is 2. The molecule has 1 saturated heterocycles. The summed E-state index contributed by atoms with van der Waals surface area (Å²) in [4.78, 5) is 38.1. The predicted octanol–water partition coefficient (Wildman–Crippen LogP) is 4.12. The number of alkyl halides is 2. The first-order valence-corrected chi connectivity index (χ1v) is 15.0. The van der Waals surface area contributed by atoms with Crippen molar-refractivity contribution in [3.05, 3.63) is 53.6 Å². The highest BCUT2D eigenvalue weighted by Gasteiger charge is 2.58. The number of ether oxygens (including phenoxy) is 5. The smallest absolute Gasteiger partial charge is 0.496 e. The molecule has 4 fully saturated rings. The van der Waals surface area contributed by atoms with Crippen molar-refractivity contribution in [1.29, 1.82) is 0 Å². The molecule has 3 N–H and O–H groups in total. The Morgan fingerprint density at radius 3 is 2.45 bits per heavy atom. The molecule has 248 valence electrons. The van der Waals surface area contributed by atoms with E-state index in [2.05, 4.69) is 40.3 Å². The van der Waals surface area contributed by atoms with Crippen molar-refractivity contribution in [3.8, 4) is 23.1 Å². The third-order valence-electron chi connectivity index (χ3n) is 9.02. The lowest BCUT2D eigenvalue weighted by atomic mass is 9.76. The second-order valence-corrected chi connectivity index (χ2v) is 11.8. The Morgan fingerprint density at radius 2 is 1.70 bits per heavy atom. The number of benzene rings is 1. The van der Waals surface area contributed by atoms with E-state index in [1.54, 1.807) is 0 Å². The molecule has 1 atom stereocenters. The van der Waals surface area contributed by atoms with E-state index in [0.717, 1.165) is 44.6 Å². The molecule has 2 amide bonds. The van der Waals surface area contributed by atoms with Crippen LogP contribution >= 0.6 is 0 Å². The summed E-state index contributed by atoms with van der Waals surface area (Å²) >= 11 is 0. The zero-order chi connectivity index (χ0) is 32.9. The van der Waals surface area contributed by atoms with Gasteiger partial charge in [-0.15, -0.1) is 8.78 Å². The van der Waals surface area contributed by atoms with Gasteiger partial charge in [0.25, 0.3) is 17.7 Å². The number of fused-ring (bicyclic) bond motifs is 2. The van der Waals surface area contributed by atoms with E-state index >= 15 is 4.39 Å². The van der Waals surface area contributed by atoms with E-state index in [4.69, 9.17) is 14.2 Å². The predicted molar refractivity (Wildman–Crippen MR) is 160 cm³/mol. The van der Waals surface area contributed by atoms with Gasteiger partial charge in [-0.2, -0.15) is 0 Å². The van der Waals surface area contributed by atoms with Crippen LogP contribution in [0.15, 0.2) is 36.7 Å². The van der Waals surface area contributed by atoms with Gasteiger partial charge in [0.1, 0.15) is 22.7 Å². The number of morpholine rings is 1. The number of pyridine rings is 2.